The summed E-state index contributed by atoms with van der Waals surface area (Å²) >= 11 is 6.05. The molecule has 1 atom stereocenters. The summed E-state index contributed by atoms with van der Waals surface area (Å²) < 4.78 is 19.4. The Kier molecular flexibility index (Phi) is 5.18. The Morgan fingerprint density at radius 2 is 2.12 bits per heavy atom. The maximum absolute atomic E-state index is 14.3. The van der Waals surface area contributed by atoms with Crippen molar-refractivity contribution < 1.29 is 18.8 Å². The summed E-state index contributed by atoms with van der Waals surface area (Å²) in [4.78, 5) is 27.2. The summed E-state index contributed by atoms with van der Waals surface area (Å²) in [6.07, 6.45) is 2.42. The fraction of sp³-hybridized carbons (Fsp3) is 0.333. The summed E-state index contributed by atoms with van der Waals surface area (Å²) in [5.74, 6) is -0.854. The van der Waals surface area contributed by atoms with Gasteiger partial charge >= 0.3 is 5.69 Å². The van der Waals surface area contributed by atoms with E-state index in [2.05, 4.69) is 4.98 Å². The average Bonchev–Trinajstić information content (AvgIpc) is 2.61. The SMILES string of the molecule is COc1ccc(F)c(-c2cc(C3CCCCC3=O)c([N+](=O)[O-])c(Cl)n2)c1. The molecule has 0 saturated heterocycles. The maximum Gasteiger partial charge on any atom is 0.310 e. The quantitative estimate of drug-likeness (QED) is 0.438. The van der Waals surface area contributed by atoms with Gasteiger partial charge in [0.2, 0.25) is 5.15 Å². The molecule has 8 heteroatoms. The Morgan fingerprint density at radius 1 is 1.35 bits per heavy atom. The van der Waals surface area contributed by atoms with Gasteiger partial charge in [-0.1, -0.05) is 18.0 Å². The molecule has 0 amide bonds. The number of rotatable bonds is 4. The van der Waals surface area contributed by atoms with Crippen LogP contribution in [0, 0.1) is 15.9 Å². The van der Waals surface area contributed by atoms with E-state index in [9.17, 15) is 19.3 Å². The zero-order chi connectivity index (χ0) is 18.8. The largest absolute Gasteiger partial charge is 0.497 e. The minimum absolute atomic E-state index is 0.0707. The third kappa shape index (κ3) is 3.39. The smallest absolute Gasteiger partial charge is 0.310 e. The third-order valence-corrected chi connectivity index (χ3v) is 4.81. The number of hydrogen-bond acceptors (Lipinski definition) is 5. The summed E-state index contributed by atoms with van der Waals surface area (Å²) in [7, 11) is 1.44. The maximum atomic E-state index is 14.3. The van der Waals surface area contributed by atoms with E-state index in [1.165, 1.54) is 31.4 Å². The number of Topliss-reactive ketones (excluding diaryl/α,β-unsaturated/α-hetero) is 1. The second kappa shape index (κ2) is 7.37. The molecule has 1 saturated carbocycles. The molecule has 3 rings (SSSR count). The van der Waals surface area contributed by atoms with E-state index in [0.717, 1.165) is 12.8 Å². The molecular formula is C18H16ClFN2O4. The monoisotopic (exact) mass is 378 g/mol. The molecule has 0 N–H and O–H groups in total. The van der Waals surface area contributed by atoms with Crippen molar-refractivity contribution in [1.29, 1.82) is 0 Å². The van der Waals surface area contributed by atoms with Crippen molar-refractivity contribution in [3.05, 3.63) is 50.9 Å². The minimum Gasteiger partial charge on any atom is -0.497 e. The van der Waals surface area contributed by atoms with E-state index in [4.69, 9.17) is 16.3 Å². The highest BCUT2D eigenvalue weighted by atomic mass is 35.5. The molecule has 2 aromatic rings. The highest BCUT2D eigenvalue weighted by Gasteiger charge is 2.33. The number of carbonyl (C=O) groups excluding carboxylic acids is 1. The van der Waals surface area contributed by atoms with E-state index >= 15 is 0 Å². The van der Waals surface area contributed by atoms with Gasteiger partial charge in [0.15, 0.2) is 0 Å². The van der Waals surface area contributed by atoms with Gasteiger partial charge in [-0.15, -0.1) is 0 Å². The van der Waals surface area contributed by atoms with Crippen molar-refractivity contribution in [3.63, 3.8) is 0 Å². The van der Waals surface area contributed by atoms with Gasteiger partial charge < -0.3 is 4.74 Å². The molecule has 6 nitrogen and oxygen atoms in total. The fourth-order valence-corrected chi connectivity index (χ4v) is 3.52. The lowest BCUT2D eigenvalue weighted by Gasteiger charge is -2.21. The number of nitrogens with zero attached hydrogens (tertiary/aromatic N) is 2. The van der Waals surface area contributed by atoms with Gasteiger partial charge in [-0.05, 0) is 37.1 Å². The summed E-state index contributed by atoms with van der Waals surface area (Å²) in [5, 5.41) is 11.1. The van der Waals surface area contributed by atoms with E-state index in [1.807, 2.05) is 0 Å². The van der Waals surface area contributed by atoms with E-state index in [-0.39, 0.29) is 33.4 Å². The molecule has 1 aliphatic carbocycles. The molecule has 0 aliphatic heterocycles. The van der Waals surface area contributed by atoms with Crippen molar-refractivity contribution in [2.75, 3.05) is 7.11 Å². The lowest BCUT2D eigenvalue weighted by Crippen LogP contribution is -2.18. The molecule has 136 valence electrons. The predicted molar refractivity (Wildman–Crippen MR) is 94.1 cm³/mol. The number of aromatic nitrogens is 1. The van der Waals surface area contributed by atoms with Crippen molar-refractivity contribution in [2.45, 2.75) is 31.6 Å². The highest BCUT2D eigenvalue weighted by molar-refractivity contribution is 6.31. The van der Waals surface area contributed by atoms with Crippen molar-refractivity contribution in [3.8, 4) is 17.0 Å². The standard InChI is InChI=1S/C18H16ClFN2O4/c1-26-10-6-7-14(20)13(8-10)15-9-12(11-4-2-3-5-16(11)23)17(22(24)25)18(19)21-15/h6-9,11H,2-5H2,1H3. The first kappa shape index (κ1) is 18.3. The van der Waals surface area contributed by atoms with Gasteiger partial charge in [0.25, 0.3) is 0 Å². The van der Waals surface area contributed by atoms with Gasteiger partial charge in [-0.2, -0.15) is 0 Å². The van der Waals surface area contributed by atoms with Gasteiger partial charge in [0.05, 0.1) is 17.7 Å². The normalized spacial score (nSPS) is 17.2. The molecule has 1 aromatic heterocycles. The van der Waals surface area contributed by atoms with Gasteiger partial charge in [-0.3, -0.25) is 14.9 Å². The Morgan fingerprint density at radius 3 is 2.77 bits per heavy atom. The average molecular weight is 379 g/mol. The molecule has 1 aliphatic rings. The van der Waals surface area contributed by atoms with Crippen LogP contribution in [0.25, 0.3) is 11.3 Å². The number of pyridine rings is 1. The first-order valence-corrected chi connectivity index (χ1v) is 8.51. The highest BCUT2D eigenvalue weighted by Crippen LogP contribution is 2.40. The topological polar surface area (TPSA) is 82.3 Å². The Balaban J connectivity index is 2.20. The third-order valence-electron chi connectivity index (χ3n) is 4.54. The van der Waals surface area contributed by atoms with E-state index in [1.54, 1.807) is 0 Å². The number of ether oxygens (including phenoxy) is 1. The lowest BCUT2D eigenvalue weighted by atomic mass is 9.82. The van der Waals surface area contributed by atoms with E-state index < -0.39 is 16.7 Å². The number of hydrogen-bond donors (Lipinski definition) is 0. The van der Waals surface area contributed by atoms with Crippen LogP contribution in [0.5, 0.6) is 5.75 Å². The van der Waals surface area contributed by atoms with Crippen LogP contribution in [0.15, 0.2) is 24.3 Å². The van der Waals surface area contributed by atoms with Crippen LogP contribution < -0.4 is 4.74 Å². The van der Waals surface area contributed by atoms with Crippen molar-refractivity contribution in [2.24, 2.45) is 0 Å². The van der Waals surface area contributed by atoms with Crippen molar-refractivity contribution >= 4 is 23.1 Å². The summed E-state index contributed by atoms with van der Waals surface area (Å²) in [5.41, 5.74) is 0.0342. The van der Waals surface area contributed by atoms with Crippen LogP contribution in [-0.2, 0) is 4.79 Å². The number of nitro groups is 1. The minimum atomic E-state index is -0.641. The lowest BCUT2D eigenvalue weighted by molar-refractivity contribution is -0.385. The number of halogens is 2. The first-order chi connectivity index (χ1) is 12.4. The second-order valence-corrected chi connectivity index (χ2v) is 6.46. The molecule has 1 aromatic carbocycles. The van der Waals surface area contributed by atoms with Crippen molar-refractivity contribution in [1.82, 2.24) is 4.98 Å². The van der Waals surface area contributed by atoms with Gasteiger partial charge in [0, 0.05) is 23.5 Å². The van der Waals surface area contributed by atoms with Crippen LogP contribution >= 0.6 is 11.6 Å². The Hall–Kier alpha value is -2.54. The van der Waals surface area contributed by atoms with Crippen LogP contribution in [0.2, 0.25) is 5.15 Å². The second-order valence-electron chi connectivity index (χ2n) is 6.10. The molecule has 1 heterocycles. The summed E-state index contributed by atoms with van der Waals surface area (Å²) in [6.45, 7) is 0. The van der Waals surface area contributed by atoms with Gasteiger partial charge in [0.1, 0.15) is 17.3 Å². The first-order valence-electron chi connectivity index (χ1n) is 8.13. The number of carbonyl (C=O) groups is 1. The fourth-order valence-electron chi connectivity index (χ4n) is 3.25. The molecule has 0 radical (unpaired) electrons. The number of methoxy groups -OCH3 is 1. The number of ketones is 1. The van der Waals surface area contributed by atoms with Crippen LogP contribution in [-0.4, -0.2) is 22.8 Å². The Labute approximate surface area is 154 Å². The van der Waals surface area contributed by atoms with Crippen LogP contribution in [0.4, 0.5) is 10.1 Å². The number of benzene rings is 1. The van der Waals surface area contributed by atoms with Crippen LogP contribution in [0.1, 0.15) is 37.2 Å². The molecule has 1 fully saturated rings. The Bertz CT molecular complexity index is 888. The molecule has 0 bridgehead atoms. The molecule has 26 heavy (non-hydrogen) atoms. The zero-order valence-electron chi connectivity index (χ0n) is 14.0. The zero-order valence-corrected chi connectivity index (χ0v) is 14.8. The summed E-state index contributed by atoms with van der Waals surface area (Å²) in [6, 6.07) is 5.51. The van der Waals surface area contributed by atoms with Crippen LogP contribution in [0.3, 0.4) is 0 Å². The molecule has 0 spiro atoms. The van der Waals surface area contributed by atoms with Gasteiger partial charge in [-0.25, -0.2) is 9.37 Å². The predicted octanol–water partition coefficient (Wildman–Crippen LogP) is 4.68. The van der Waals surface area contributed by atoms with E-state index in [0.29, 0.717) is 18.6 Å². The molecular weight excluding hydrogens is 363 g/mol. The molecule has 1 unspecified atom stereocenters.